The molecule has 0 aliphatic heterocycles. The molecule has 53 valence electrons. The summed E-state index contributed by atoms with van der Waals surface area (Å²) < 4.78 is 4.65. The fraction of sp³-hybridized carbons (Fsp3) is 0.143. The number of pyridine rings is 1. The third kappa shape index (κ3) is 1.97. The molecule has 0 N–H and O–H groups in total. The first-order valence-corrected chi connectivity index (χ1v) is 3.18. The zero-order valence-electron chi connectivity index (χ0n) is 5.38. The van der Waals surface area contributed by atoms with E-state index in [0.29, 0.717) is 11.8 Å². The maximum atomic E-state index is 5.59. The molecule has 0 aliphatic rings. The lowest BCUT2D eigenvalue weighted by molar-refractivity contribution is 0.229. The van der Waals surface area contributed by atoms with Crippen LogP contribution >= 0.6 is 11.6 Å². The summed E-state index contributed by atoms with van der Waals surface area (Å²) in [5, 5.41) is 0.481. The van der Waals surface area contributed by atoms with Crippen LogP contribution in [0.15, 0.2) is 18.3 Å². The van der Waals surface area contributed by atoms with Crippen LogP contribution in [-0.4, -0.2) is 4.98 Å². The molecule has 1 radical (unpaired) electrons. The standard InChI is InChI=1S/C7H7ClNO/c1-10-5-6-2-3-9-7(8)4-6/h2-4H,1,5H2. The molecule has 10 heavy (non-hydrogen) atoms. The minimum atomic E-state index is 0.474. The maximum absolute atomic E-state index is 5.59. The third-order valence-electron chi connectivity index (χ3n) is 1.06. The van der Waals surface area contributed by atoms with E-state index in [1.165, 1.54) is 0 Å². The van der Waals surface area contributed by atoms with Crippen LogP contribution in [0, 0.1) is 7.11 Å². The summed E-state index contributed by atoms with van der Waals surface area (Å²) in [5.41, 5.74) is 0.981. The molecule has 0 aliphatic carbocycles. The van der Waals surface area contributed by atoms with Gasteiger partial charge in [-0.3, -0.25) is 0 Å². The smallest absolute Gasteiger partial charge is 0.129 e. The molecule has 0 unspecified atom stereocenters. The van der Waals surface area contributed by atoms with E-state index in [9.17, 15) is 0 Å². The summed E-state index contributed by atoms with van der Waals surface area (Å²) in [7, 11) is 3.25. The molecule has 0 spiro atoms. The lowest BCUT2D eigenvalue weighted by Gasteiger charge is -1.96. The van der Waals surface area contributed by atoms with Gasteiger partial charge in [0.05, 0.1) is 13.7 Å². The summed E-state index contributed by atoms with van der Waals surface area (Å²) in [6.45, 7) is 0.474. The van der Waals surface area contributed by atoms with Gasteiger partial charge in [0.15, 0.2) is 0 Å². The normalized spacial score (nSPS) is 9.80. The number of rotatable bonds is 2. The van der Waals surface area contributed by atoms with E-state index < -0.39 is 0 Å². The van der Waals surface area contributed by atoms with Gasteiger partial charge in [-0.2, -0.15) is 0 Å². The zero-order valence-corrected chi connectivity index (χ0v) is 6.14. The largest absolute Gasteiger partial charge is 0.374 e. The molecule has 2 nitrogen and oxygen atoms in total. The molecule has 3 heteroatoms. The minimum Gasteiger partial charge on any atom is -0.374 e. The Morgan fingerprint density at radius 2 is 2.50 bits per heavy atom. The topological polar surface area (TPSA) is 22.1 Å². The first kappa shape index (κ1) is 7.51. The highest BCUT2D eigenvalue weighted by Crippen LogP contribution is 2.07. The number of ether oxygens (including phenoxy) is 1. The Kier molecular flexibility index (Phi) is 2.66. The molecule has 0 saturated carbocycles. The molecular weight excluding hydrogens is 150 g/mol. The molecule has 1 rings (SSSR count). The van der Waals surface area contributed by atoms with Crippen LogP contribution in [-0.2, 0) is 11.3 Å². The van der Waals surface area contributed by atoms with Crippen LogP contribution in [0.2, 0.25) is 5.15 Å². The van der Waals surface area contributed by atoms with Gasteiger partial charge in [-0.25, -0.2) is 4.98 Å². The Morgan fingerprint density at radius 1 is 1.70 bits per heavy atom. The van der Waals surface area contributed by atoms with Gasteiger partial charge in [-0.1, -0.05) is 11.6 Å². The third-order valence-corrected chi connectivity index (χ3v) is 1.27. The Morgan fingerprint density at radius 3 is 3.10 bits per heavy atom. The van der Waals surface area contributed by atoms with Crippen LogP contribution in [0.3, 0.4) is 0 Å². The minimum absolute atomic E-state index is 0.474. The van der Waals surface area contributed by atoms with Crippen molar-refractivity contribution in [3.63, 3.8) is 0 Å². The Balaban J connectivity index is 2.75. The van der Waals surface area contributed by atoms with Crippen molar-refractivity contribution in [3.05, 3.63) is 36.2 Å². The number of hydrogen-bond donors (Lipinski definition) is 0. The average molecular weight is 157 g/mol. The quantitative estimate of drug-likeness (QED) is 0.612. The molecule has 0 amide bonds. The fourth-order valence-electron chi connectivity index (χ4n) is 0.650. The first-order chi connectivity index (χ1) is 4.83. The molecule has 0 atom stereocenters. The predicted octanol–water partition coefficient (Wildman–Crippen LogP) is 2.04. The van der Waals surface area contributed by atoms with E-state index in [1.807, 2.05) is 6.07 Å². The van der Waals surface area contributed by atoms with Gasteiger partial charge in [-0.15, -0.1) is 0 Å². The number of hydrogen-bond acceptors (Lipinski definition) is 2. The van der Waals surface area contributed by atoms with Gasteiger partial charge < -0.3 is 4.74 Å². The summed E-state index contributed by atoms with van der Waals surface area (Å²) in [6.07, 6.45) is 1.64. The van der Waals surface area contributed by atoms with Crippen LogP contribution in [0.1, 0.15) is 5.56 Å². The van der Waals surface area contributed by atoms with E-state index in [4.69, 9.17) is 11.6 Å². The van der Waals surface area contributed by atoms with Gasteiger partial charge in [0.25, 0.3) is 0 Å². The van der Waals surface area contributed by atoms with E-state index >= 15 is 0 Å². The predicted molar refractivity (Wildman–Crippen MR) is 39.4 cm³/mol. The van der Waals surface area contributed by atoms with Crippen molar-refractivity contribution in [1.29, 1.82) is 0 Å². The van der Waals surface area contributed by atoms with Crippen LogP contribution in [0.4, 0.5) is 0 Å². The van der Waals surface area contributed by atoms with E-state index in [-0.39, 0.29) is 0 Å². The Bertz CT molecular complexity index is 215. The van der Waals surface area contributed by atoms with Crippen molar-refractivity contribution in [3.8, 4) is 0 Å². The summed E-state index contributed by atoms with van der Waals surface area (Å²) >= 11 is 5.59. The molecule has 1 aromatic heterocycles. The second kappa shape index (κ2) is 3.54. The van der Waals surface area contributed by atoms with Crippen molar-refractivity contribution in [2.45, 2.75) is 6.61 Å². The highest BCUT2D eigenvalue weighted by Gasteiger charge is 1.91. The van der Waals surface area contributed by atoms with Crippen LogP contribution in [0.25, 0.3) is 0 Å². The van der Waals surface area contributed by atoms with E-state index in [0.717, 1.165) is 5.56 Å². The van der Waals surface area contributed by atoms with Crippen molar-refractivity contribution < 1.29 is 4.74 Å². The first-order valence-electron chi connectivity index (χ1n) is 2.80. The molecule has 0 aromatic carbocycles. The summed E-state index contributed by atoms with van der Waals surface area (Å²) in [6, 6.07) is 3.57. The van der Waals surface area contributed by atoms with Gasteiger partial charge >= 0.3 is 0 Å². The summed E-state index contributed by atoms with van der Waals surface area (Å²) in [5.74, 6) is 0. The Hall–Kier alpha value is -0.600. The number of halogens is 1. The van der Waals surface area contributed by atoms with Crippen molar-refractivity contribution in [2.24, 2.45) is 0 Å². The molecule has 1 heterocycles. The summed E-state index contributed by atoms with van der Waals surface area (Å²) in [4.78, 5) is 3.81. The monoisotopic (exact) mass is 156 g/mol. The zero-order chi connectivity index (χ0) is 7.40. The maximum Gasteiger partial charge on any atom is 0.129 e. The Labute approximate surface area is 64.8 Å². The fourth-order valence-corrected chi connectivity index (χ4v) is 0.847. The molecule has 0 bridgehead atoms. The number of aromatic nitrogens is 1. The second-order valence-corrected chi connectivity index (χ2v) is 2.22. The lowest BCUT2D eigenvalue weighted by atomic mass is 10.3. The lowest BCUT2D eigenvalue weighted by Crippen LogP contribution is -1.85. The molecule has 1 aromatic rings. The van der Waals surface area contributed by atoms with Gasteiger partial charge in [-0.05, 0) is 17.7 Å². The molecular formula is C7H7ClNO. The van der Waals surface area contributed by atoms with Gasteiger partial charge in [0.2, 0.25) is 0 Å². The van der Waals surface area contributed by atoms with Crippen molar-refractivity contribution >= 4 is 11.6 Å². The van der Waals surface area contributed by atoms with Gasteiger partial charge in [0, 0.05) is 6.20 Å². The van der Waals surface area contributed by atoms with E-state index in [1.54, 1.807) is 12.3 Å². The van der Waals surface area contributed by atoms with Gasteiger partial charge in [0.1, 0.15) is 5.15 Å². The van der Waals surface area contributed by atoms with Crippen molar-refractivity contribution in [2.75, 3.05) is 0 Å². The van der Waals surface area contributed by atoms with E-state index in [2.05, 4.69) is 16.8 Å². The highest BCUT2D eigenvalue weighted by molar-refractivity contribution is 6.29. The SMILES string of the molecule is [CH2]OCc1ccnc(Cl)c1. The van der Waals surface area contributed by atoms with Crippen LogP contribution in [0.5, 0.6) is 0 Å². The molecule has 0 saturated heterocycles. The average Bonchev–Trinajstić information content (AvgIpc) is 1.88. The molecule has 0 fully saturated rings. The highest BCUT2D eigenvalue weighted by atomic mass is 35.5. The van der Waals surface area contributed by atoms with Crippen molar-refractivity contribution in [1.82, 2.24) is 4.98 Å². The number of nitrogens with zero attached hydrogens (tertiary/aromatic N) is 1. The second-order valence-electron chi connectivity index (χ2n) is 1.84. The van der Waals surface area contributed by atoms with Crippen LogP contribution < -0.4 is 0 Å².